The molecule has 0 spiro atoms. The van der Waals surface area contributed by atoms with Gasteiger partial charge in [-0.15, -0.1) is 5.75 Å². The van der Waals surface area contributed by atoms with E-state index in [-0.39, 0.29) is 89.0 Å². The van der Waals surface area contributed by atoms with Gasteiger partial charge in [-0.05, 0) is 0 Å². The first-order valence-corrected chi connectivity index (χ1v) is 17.4. The van der Waals surface area contributed by atoms with Gasteiger partial charge in [0, 0.05) is 0 Å². The topological polar surface area (TPSA) is 113 Å². The van der Waals surface area contributed by atoms with E-state index in [1.54, 1.807) is 0 Å². The molecule has 0 saturated heterocycles. The van der Waals surface area contributed by atoms with Crippen molar-refractivity contribution in [3.05, 3.63) is 0 Å². The van der Waals surface area contributed by atoms with Crippen LogP contribution in [0, 0.1) is 0 Å². The molecule has 0 amide bonds. The summed E-state index contributed by atoms with van der Waals surface area (Å²) in [5, 5.41) is 8.55. The first-order chi connectivity index (χ1) is 26.9. The third kappa shape index (κ3) is 18.4. The number of rotatable bonds is 39. The summed E-state index contributed by atoms with van der Waals surface area (Å²) < 4.78 is 270. The van der Waals surface area contributed by atoms with Gasteiger partial charge in [0.2, 0.25) is 0 Å². The Labute approximate surface area is 355 Å². The Balaban J connectivity index is 0. The molecule has 0 atom stereocenters. The van der Waals surface area contributed by atoms with Gasteiger partial charge >= 0.3 is 71.0 Å². The minimum Gasteiger partial charge on any atom is -0.787 e. The quantitative estimate of drug-likeness (QED) is 0.0420. The number of aliphatic hydroxyl groups is 1. The maximum Gasteiger partial charge on any atom is 1.00 e. The van der Waals surface area contributed by atoms with Crippen molar-refractivity contribution in [1.82, 2.24) is 0 Å². The molecule has 0 unspecified atom stereocenters. The third-order valence-electron chi connectivity index (χ3n) is 6.94. The molecule has 0 aromatic carbocycles. The first kappa shape index (κ1) is 60.9. The van der Waals surface area contributed by atoms with Crippen LogP contribution >= 0.6 is 0 Å². The fraction of sp³-hybridized carbons (Fsp3) is 1.00. The molecular formula is C30H45F16NaO11S. The van der Waals surface area contributed by atoms with E-state index >= 15 is 0 Å². The average Bonchev–Trinajstić information content (AvgIpc) is 3.14. The number of aliphatic hydroxyl groups excluding tert-OH is 1. The molecule has 0 rings (SSSR count). The van der Waals surface area contributed by atoms with Gasteiger partial charge in [0.25, 0.3) is 5.92 Å². The maximum atomic E-state index is 13.9. The van der Waals surface area contributed by atoms with E-state index in [4.69, 9.17) is 47.7 Å². The Bertz CT molecular complexity index is 1080. The van der Waals surface area contributed by atoms with Crippen LogP contribution in [-0.4, -0.2) is 197 Å². The van der Waals surface area contributed by atoms with Gasteiger partial charge in [-0.1, -0.05) is 0 Å². The smallest absolute Gasteiger partial charge is 0.787 e. The molecule has 0 heterocycles. The molecule has 0 saturated carbocycles. The predicted octanol–water partition coefficient (Wildman–Crippen LogP) is 1.78. The number of hydrogen-bond donors (Lipinski definition) is 1. The van der Waals surface area contributed by atoms with Crippen LogP contribution in [0.4, 0.5) is 70.2 Å². The van der Waals surface area contributed by atoms with Gasteiger partial charge in [-0.3, -0.25) is 0 Å². The van der Waals surface area contributed by atoms with Crippen molar-refractivity contribution in [3.63, 3.8) is 0 Å². The number of hydrogen-bond acceptors (Lipinski definition) is 12. The Morgan fingerprint density at radius 2 is 0.475 bits per heavy atom. The normalized spacial score (nSPS) is 13.9. The SMILES string of the molecule is OCCOCCOCCOCCOCCOCCOCCOCCOCCOCCOCC(F)(F)C(F)(F)C(F)(F)C(F)(F)C(F)(F)C(F)(F)C(F)(F)C(F)(F)C[S-].[Na+]. The summed E-state index contributed by atoms with van der Waals surface area (Å²) in [5.41, 5.74) is 0. The second-order valence-corrected chi connectivity index (χ2v) is 11.6. The minimum atomic E-state index is -8.50. The Morgan fingerprint density at radius 3 is 0.695 bits per heavy atom. The van der Waals surface area contributed by atoms with Crippen LogP contribution < -0.4 is 29.6 Å². The third-order valence-corrected chi connectivity index (χ3v) is 7.30. The van der Waals surface area contributed by atoms with Crippen LogP contribution in [-0.2, 0) is 60.0 Å². The fourth-order valence-electron chi connectivity index (χ4n) is 3.67. The summed E-state index contributed by atoms with van der Waals surface area (Å²) in [7, 11) is 0. The summed E-state index contributed by atoms with van der Waals surface area (Å²) in [5.74, 6) is -64.7. The molecule has 1 N–H and O–H groups in total. The molecule has 0 radical (unpaired) electrons. The van der Waals surface area contributed by atoms with Crippen LogP contribution in [0.1, 0.15) is 0 Å². The molecule has 0 bridgehead atoms. The van der Waals surface area contributed by atoms with Crippen LogP contribution in [0.25, 0.3) is 0 Å². The Kier molecular flexibility index (Phi) is 30.2. The molecule has 0 aliphatic rings. The summed E-state index contributed by atoms with van der Waals surface area (Å²) in [4.78, 5) is 0. The van der Waals surface area contributed by atoms with Crippen LogP contribution in [0.3, 0.4) is 0 Å². The molecule has 0 aromatic heterocycles. The van der Waals surface area contributed by atoms with Crippen molar-refractivity contribution in [2.24, 2.45) is 0 Å². The van der Waals surface area contributed by atoms with E-state index < -0.39 is 73.0 Å². The van der Waals surface area contributed by atoms with Crippen molar-refractivity contribution in [1.29, 1.82) is 0 Å². The Hall–Kier alpha value is -0.210. The number of alkyl halides is 16. The van der Waals surface area contributed by atoms with Gasteiger partial charge in [-0.2, -0.15) is 61.5 Å². The zero-order chi connectivity index (χ0) is 44.6. The van der Waals surface area contributed by atoms with Crippen LogP contribution in [0.5, 0.6) is 0 Å². The minimum absolute atomic E-state index is 0. The van der Waals surface area contributed by atoms with Crippen LogP contribution in [0.2, 0.25) is 0 Å². The molecule has 29 heteroatoms. The monoisotopic (exact) mass is 940 g/mol. The second-order valence-electron chi connectivity index (χ2n) is 11.3. The van der Waals surface area contributed by atoms with E-state index in [9.17, 15) is 70.2 Å². The van der Waals surface area contributed by atoms with Gasteiger partial charge in [0.1, 0.15) is 6.61 Å². The molecule has 0 aliphatic heterocycles. The largest absolute Gasteiger partial charge is 1.00 e. The van der Waals surface area contributed by atoms with E-state index in [1.165, 1.54) is 0 Å². The standard InChI is InChI=1S/C30H46F16O11S.Na/c31-23(32,25(35,36)27(39,40)29(43,44)30(45,46)28(41,42)26(37,38)24(33,34)22-58)21-57-20-19-56-18-17-55-16-15-54-14-13-53-12-11-52-10-9-51-8-7-50-6-5-49-4-3-48-2-1-47;/h47,58H,1-22H2;/q;+1/p-1. The summed E-state index contributed by atoms with van der Waals surface area (Å²) in [6.45, 7) is -1.09. The zero-order valence-electron chi connectivity index (χ0n) is 31.5. The van der Waals surface area contributed by atoms with Crippen molar-refractivity contribution < 1.29 is 152 Å². The van der Waals surface area contributed by atoms with Gasteiger partial charge in [0.05, 0.1) is 132 Å². The molecular weight excluding hydrogens is 895 g/mol. The predicted molar refractivity (Wildman–Crippen MR) is 167 cm³/mol. The second kappa shape index (κ2) is 29.3. The Morgan fingerprint density at radius 1 is 0.288 bits per heavy atom. The zero-order valence-corrected chi connectivity index (χ0v) is 34.4. The molecule has 0 aliphatic carbocycles. The van der Waals surface area contributed by atoms with Gasteiger partial charge in [0.15, 0.2) is 0 Å². The van der Waals surface area contributed by atoms with Crippen molar-refractivity contribution in [3.8, 4) is 0 Å². The van der Waals surface area contributed by atoms with Crippen LogP contribution in [0.15, 0.2) is 0 Å². The van der Waals surface area contributed by atoms with E-state index in [0.29, 0.717) is 59.5 Å². The summed E-state index contributed by atoms with van der Waals surface area (Å²) >= 11 is 3.33. The number of halogens is 16. The fourth-order valence-corrected chi connectivity index (χ4v) is 3.85. The van der Waals surface area contributed by atoms with E-state index in [0.717, 1.165) is 0 Å². The maximum absolute atomic E-state index is 13.9. The average molecular weight is 941 g/mol. The molecule has 350 valence electrons. The van der Waals surface area contributed by atoms with E-state index in [1.807, 2.05) is 0 Å². The summed E-state index contributed by atoms with van der Waals surface area (Å²) in [6.07, 6.45) is 0. The van der Waals surface area contributed by atoms with Gasteiger partial charge in [-0.25, -0.2) is 8.78 Å². The number of ether oxygens (including phenoxy) is 10. The molecule has 59 heavy (non-hydrogen) atoms. The van der Waals surface area contributed by atoms with Crippen molar-refractivity contribution in [2.75, 3.05) is 144 Å². The van der Waals surface area contributed by atoms with Gasteiger partial charge < -0.3 is 65.1 Å². The first-order valence-electron chi connectivity index (χ1n) is 16.9. The molecule has 0 aromatic rings. The molecule has 11 nitrogen and oxygen atoms in total. The molecule has 0 fully saturated rings. The van der Waals surface area contributed by atoms with E-state index in [2.05, 4.69) is 17.4 Å². The van der Waals surface area contributed by atoms with Crippen molar-refractivity contribution >= 4 is 12.6 Å². The summed E-state index contributed by atoms with van der Waals surface area (Å²) in [6, 6.07) is 0. The van der Waals surface area contributed by atoms with Crippen molar-refractivity contribution in [2.45, 2.75) is 47.4 Å².